The van der Waals surface area contributed by atoms with Gasteiger partial charge in [-0.05, 0) is 18.6 Å². The van der Waals surface area contributed by atoms with Crippen LogP contribution in [0.15, 0.2) is 30.6 Å². The number of anilines is 2. The fourth-order valence-electron chi connectivity index (χ4n) is 2.02. The van der Waals surface area contributed by atoms with Gasteiger partial charge in [-0.15, -0.1) is 0 Å². The summed E-state index contributed by atoms with van der Waals surface area (Å²) in [5, 5.41) is 0. The highest BCUT2D eigenvalue weighted by Gasteiger charge is 2.12. The molecule has 0 amide bonds. The number of aromatic nitrogens is 2. The minimum atomic E-state index is 0.595. The van der Waals surface area contributed by atoms with E-state index < -0.39 is 0 Å². The molecule has 0 aliphatic heterocycles. The Hall–Kier alpha value is -2.30. The van der Waals surface area contributed by atoms with Gasteiger partial charge in [0.2, 0.25) is 5.88 Å². The van der Waals surface area contributed by atoms with Crippen molar-refractivity contribution < 1.29 is 4.74 Å². The number of para-hydroxylation sites is 1. The average molecular weight is 258 g/mol. The predicted octanol–water partition coefficient (Wildman–Crippen LogP) is 2.01. The van der Waals surface area contributed by atoms with E-state index in [4.69, 9.17) is 10.5 Å². The van der Waals surface area contributed by atoms with Gasteiger partial charge >= 0.3 is 0 Å². The summed E-state index contributed by atoms with van der Waals surface area (Å²) < 4.78 is 5.21. The van der Waals surface area contributed by atoms with Crippen molar-refractivity contribution in [3.8, 4) is 5.88 Å². The third kappa shape index (κ3) is 2.76. The van der Waals surface area contributed by atoms with E-state index in [1.54, 1.807) is 7.11 Å². The Morgan fingerprint density at radius 2 is 2.00 bits per heavy atom. The van der Waals surface area contributed by atoms with Crippen molar-refractivity contribution in [2.24, 2.45) is 0 Å². The maximum atomic E-state index is 5.96. The zero-order valence-corrected chi connectivity index (χ0v) is 11.4. The van der Waals surface area contributed by atoms with E-state index in [2.05, 4.69) is 9.97 Å². The average Bonchev–Trinajstić information content (AvgIpc) is 2.41. The second-order valence-corrected chi connectivity index (χ2v) is 4.39. The molecule has 1 aromatic carbocycles. The summed E-state index contributed by atoms with van der Waals surface area (Å²) in [4.78, 5) is 10.4. The van der Waals surface area contributed by atoms with E-state index in [0.29, 0.717) is 12.4 Å². The Bertz CT molecular complexity index is 571. The molecule has 0 aliphatic carbocycles. The Morgan fingerprint density at radius 3 is 2.68 bits per heavy atom. The maximum Gasteiger partial charge on any atom is 0.221 e. The van der Waals surface area contributed by atoms with Crippen molar-refractivity contribution in [3.63, 3.8) is 0 Å². The van der Waals surface area contributed by atoms with E-state index in [1.165, 1.54) is 6.33 Å². The lowest BCUT2D eigenvalue weighted by atomic mass is 10.1. The second-order valence-electron chi connectivity index (χ2n) is 4.39. The molecule has 2 N–H and O–H groups in total. The summed E-state index contributed by atoms with van der Waals surface area (Å²) in [6.45, 7) is 2.63. The summed E-state index contributed by atoms with van der Waals surface area (Å²) in [5.74, 6) is 1.44. The Morgan fingerprint density at radius 1 is 1.26 bits per heavy atom. The SMILES string of the molecule is COc1ncnc(N(C)Cc2ccccc2N)c1C. The van der Waals surface area contributed by atoms with Gasteiger partial charge in [0.15, 0.2) is 0 Å². The monoisotopic (exact) mass is 258 g/mol. The standard InChI is InChI=1S/C14H18N4O/c1-10-13(16-9-17-14(10)19-3)18(2)8-11-6-4-5-7-12(11)15/h4-7,9H,8,15H2,1-3H3. The quantitative estimate of drug-likeness (QED) is 0.850. The zero-order valence-electron chi connectivity index (χ0n) is 11.4. The van der Waals surface area contributed by atoms with Crippen LogP contribution < -0.4 is 15.4 Å². The van der Waals surface area contributed by atoms with Gasteiger partial charge in [-0.1, -0.05) is 18.2 Å². The number of rotatable bonds is 4. The van der Waals surface area contributed by atoms with Gasteiger partial charge in [0.05, 0.1) is 12.7 Å². The lowest BCUT2D eigenvalue weighted by Crippen LogP contribution is -2.20. The Labute approximate surface area is 113 Å². The van der Waals surface area contributed by atoms with Crippen LogP contribution in [0.25, 0.3) is 0 Å². The molecule has 0 fully saturated rings. The lowest BCUT2D eigenvalue weighted by Gasteiger charge is -2.21. The highest BCUT2D eigenvalue weighted by Crippen LogP contribution is 2.24. The minimum Gasteiger partial charge on any atom is -0.481 e. The smallest absolute Gasteiger partial charge is 0.221 e. The van der Waals surface area contributed by atoms with Gasteiger partial charge in [0, 0.05) is 19.3 Å². The predicted molar refractivity (Wildman–Crippen MR) is 76.3 cm³/mol. The molecule has 0 saturated carbocycles. The number of benzene rings is 1. The summed E-state index contributed by atoms with van der Waals surface area (Å²) in [7, 11) is 3.58. The first-order valence-electron chi connectivity index (χ1n) is 6.03. The molecule has 0 aliphatic rings. The molecule has 2 rings (SSSR count). The second kappa shape index (κ2) is 5.56. The molecule has 0 saturated heterocycles. The van der Waals surface area contributed by atoms with Crippen molar-refractivity contribution in [2.45, 2.75) is 13.5 Å². The molecule has 0 radical (unpaired) electrons. The van der Waals surface area contributed by atoms with Crippen LogP contribution in [0.1, 0.15) is 11.1 Å². The van der Waals surface area contributed by atoms with Crippen LogP contribution in [0.5, 0.6) is 5.88 Å². The molecule has 0 spiro atoms. The van der Waals surface area contributed by atoms with Gasteiger partial charge in [0.1, 0.15) is 12.1 Å². The largest absolute Gasteiger partial charge is 0.481 e. The van der Waals surface area contributed by atoms with E-state index in [-0.39, 0.29) is 0 Å². The van der Waals surface area contributed by atoms with E-state index >= 15 is 0 Å². The molecular weight excluding hydrogens is 240 g/mol. The minimum absolute atomic E-state index is 0.595. The third-order valence-corrected chi connectivity index (χ3v) is 3.03. The lowest BCUT2D eigenvalue weighted by molar-refractivity contribution is 0.393. The Kier molecular flexibility index (Phi) is 3.85. The van der Waals surface area contributed by atoms with Crippen molar-refractivity contribution in [2.75, 3.05) is 24.8 Å². The van der Waals surface area contributed by atoms with Crippen LogP contribution in [0.3, 0.4) is 0 Å². The van der Waals surface area contributed by atoms with Crippen LogP contribution in [0.2, 0.25) is 0 Å². The number of nitrogens with zero attached hydrogens (tertiary/aromatic N) is 3. The summed E-state index contributed by atoms with van der Waals surface area (Å²) in [6, 6.07) is 7.82. The molecule has 0 unspecified atom stereocenters. The van der Waals surface area contributed by atoms with Crippen molar-refractivity contribution in [1.29, 1.82) is 0 Å². The third-order valence-electron chi connectivity index (χ3n) is 3.03. The first-order chi connectivity index (χ1) is 9.13. The molecule has 2 aromatic rings. The number of nitrogens with two attached hydrogens (primary N) is 1. The number of ether oxygens (including phenoxy) is 1. The molecule has 19 heavy (non-hydrogen) atoms. The normalized spacial score (nSPS) is 10.3. The van der Waals surface area contributed by atoms with E-state index in [9.17, 15) is 0 Å². The molecule has 0 atom stereocenters. The van der Waals surface area contributed by atoms with Gasteiger partial charge < -0.3 is 15.4 Å². The summed E-state index contributed by atoms with van der Waals surface area (Å²) in [5.41, 5.74) is 8.73. The number of nitrogen functional groups attached to an aromatic ring is 1. The molecule has 100 valence electrons. The number of methoxy groups -OCH3 is 1. The first kappa shape index (κ1) is 13.1. The topological polar surface area (TPSA) is 64.3 Å². The van der Waals surface area contributed by atoms with Crippen LogP contribution in [-0.4, -0.2) is 24.1 Å². The summed E-state index contributed by atoms with van der Waals surface area (Å²) >= 11 is 0. The van der Waals surface area contributed by atoms with Crippen LogP contribution in [0.4, 0.5) is 11.5 Å². The first-order valence-corrected chi connectivity index (χ1v) is 6.03. The molecule has 5 heteroatoms. The fourth-order valence-corrected chi connectivity index (χ4v) is 2.02. The van der Waals surface area contributed by atoms with Crippen molar-refractivity contribution in [1.82, 2.24) is 9.97 Å². The van der Waals surface area contributed by atoms with Crippen LogP contribution in [-0.2, 0) is 6.54 Å². The maximum absolute atomic E-state index is 5.96. The Balaban J connectivity index is 2.26. The van der Waals surface area contributed by atoms with Crippen LogP contribution in [0, 0.1) is 6.92 Å². The van der Waals surface area contributed by atoms with Crippen molar-refractivity contribution >= 4 is 11.5 Å². The highest BCUT2D eigenvalue weighted by atomic mass is 16.5. The van der Waals surface area contributed by atoms with Gasteiger partial charge in [0.25, 0.3) is 0 Å². The molecular formula is C14H18N4O. The van der Waals surface area contributed by atoms with Crippen molar-refractivity contribution in [3.05, 3.63) is 41.7 Å². The van der Waals surface area contributed by atoms with Crippen LogP contribution >= 0.6 is 0 Å². The van der Waals surface area contributed by atoms with E-state index in [1.807, 2.05) is 43.1 Å². The zero-order chi connectivity index (χ0) is 13.8. The molecule has 0 bridgehead atoms. The molecule has 1 aromatic heterocycles. The molecule has 5 nitrogen and oxygen atoms in total. The number of hydrogen-bond donors (Lipinski definition) is 1. The van der Waals surface area contributed by atoms with Gasteiger partial charge in [-0.2, -0.15) is 0 Å². The van der Waals surface area contributed by atoms with Gasteiger partial charge in [-0.25, -0.2) is 9.97 Å². The molecule has 1 heterocycles. The fraction of sp³-hybridized carbons (Fsp3) is 0.286. The summed E-state index contributed by atoms with van der Waals surface area (Å²) in [6.07, 6.45) is 1.51. The van der Waals surface area contributed by atoms with Gasteiger partial charge in [-0.3, -0.25) is 0 Å². The number of hydrogen-bond acceptors (Lipinski definition) is 5. The highest BCUT2D eigenvalue weighted by molar-refractivity contribution is 5.53. The van der Waals surface area contributed by atoms with E-state index in [0.717, 1.165) is 22.6 Å².